The molecule has 1 aromatic carbocycles. The second kappa shape index (κ2) is 5.19. The Balaban J connectivity index is 1.78. The molecule has 0 amide bonds. The highest BCUT2D eigenvalue weighted by Gasteiger charge is 2.31. The third-order valence-electron chi connectivity index (χ3n) is 4.59. The third kappa shape index (κ3) is 2.24. The molecule has 0 fully saturated rings. The summed E-state index contributed by atoms with van der Waals surface area (Å²) in [6, 6.07) is 11.8. The van der Waals surface area contributed by atoms with Crippen molar-refractivity contribution >= 4 is 32.3 Å². The molecular weight excluding hydrogens is 328 g/mol. The van der Waals surface area contributed by atoms with E-state index in [0.29, 0.717) is 17.3 Å². The molecule has 4 rings (SSSR count). The third-order valence-corrected chi connectivity index (χ3v) is 7.90. The molecule has 0 radical (unpaired) electrons. The summed E-state index contributed by atoms with van der Waals surface area (Å²) in [6.45, 7) is 2.93. The van der Waals surface area contributed by atoms with E-state index in [9.17, 15) is 8.42 Å². The predicted octanol–water partition coefficient (Wildman–Crippen LogP) is 3.30. The Morgan fingerprint density at radius 3 is 2.65 bits per heavy atom. The zero-order valence-electron chi connectivity index (χ0n) is 13.1. The van der Waals surface area contributed by atoms with Crippen molar-refractivity contribution in [2.45, 2.75) is 24.1 Å². The van der Waals surface area contributed by atoms with Crippen LogP contribution in [0.25, 0.3) is 10.9 Å². The lowest BCUT2D eigenvalue weighted by Gasteiger charge is -2.26. The maximum absolute atomic E-state index is 12.9. The number of aromatic nitrogens is 1. The van der Waals surface area contributed by atoms with Crippen molar-refractivity contribution in [3.8, 4) is 0 Å². The van der Waals surface area contributed by atoms with Crippen LogP contribution in [0, 0.1) is 6.92 Å². The second-order valence-corrected chi connectivity index (χ2v) is 9.41. The molecule has 1 aliphatic heterocycles. The van der Waals surface area contributed by atoms with E-state index >= 15 is 0 Å². The summed E-state index contributed by atoms with van der Waals surface area (Å²) in [5, 5.41) is 1.16. The maximum atomic E-state index is 12.9. The van der Waals surface area contributed by atoms with Gasteiger partial charge in [-0.2, -0.15) is 4.31 Å². The van der Waals surface area contributed by atoms with E-state index in [1.54, 1.807) is 10.4 Å². The molecular formula is C17H18N2O2S2. The lowest BCUT2D eigenvalue weighted by atomic mass is 10.1. The molecule has 2 aromatic heterocycles. The van der Waals surface area contributed by atoms with Crippen LogP contribution in [0.4, 0.5) is 0 Å². The number of aryl methyl sites for hydroxylation is 2. The van der Waals surface area contributed by atoms with Gasteiger partial charge in [0.25, 0.3) is 10.0 Å². The van der Waals surface area contributed by atoms with Crippen LogP contribution in [0.1, 0.15) is 16.1 Å². The number of thiophene rings is 1. The summed E-state index contributed by atoms with van der Waals surface area (Å²) in [5.74, 6) is 0. The Kier molecular flexibility index (Phi) is 3.37. The number of hydrogen-bond acceptors (Lipinski definition) is 3. The van der Waals surface area contributed by atoms with Crippen LogP contribution < -0.4 is 0 Å². The fourth-order valence-electron chi connectivity index (χ4n) is 3.39. The number of benzene rings is 1. The Bertz CT molecular complexity index is 999. The molecule has 0 atom stereocenters. The minimum Gasteiger partial charge on any atom is -0.347 e. The summed E-state index contributed by atoms with van der Waals surface area (Å²) < 4.78 is 30.0. The van der Waals surface area contributed by atoms with Gasteiger partial charge in [-0.05, 0) is 30.7 Å². The molecule has 0 saturated heterocycles. The molecule has 3 heterocycles. The Morgan fingerprint density at radius 2 is 1.91 bits per heavy atom. The van der Waals surface area contributed by atoms with E-state index in [4.69, 9.17) is 0 Å². The van der Waals surface area contributed by atoms with Crippen molar-refractivity contribution in [3.05, 3.63) is 52.5 Å². The van der Waals surface area contributed by atoms with E-state index < -0.39 is 10.0 Å². The Hall–Kier alpha value is -1.63. The first-order chi connectivity index (χ1) is 11.0. The summed E-state index contributed by atoms with van der Waals surface area (Å²) >= 11 is 1.34. The molecule has 0 saturated carbocycles. The number of rotatable bonds is 2. The topological polar surface area (TPSA) is 42.3 Å². The minimum absolute atomic E-state index is 0.443. The first-order valence-corrected chi connectivity index (χ1v) is 9.86. The van der Waals surface area contributed by atoms with Crippen LogP contribution in [0.2, 0.25) is 0 Å². The molecule has 1 aliphatic rings. The maximum Gasteiger partial charge on any atom is 0.252 e. The van der Waals surface area contributed by atoms with Gasteiger partial charge < -0.3 is 4.57 Å². The van der Waals surface area contributed by atoms with Gasteiger partial charge in [0.2, 0.25) is 0 Å². The fraction of sp³-hybridized carbons (Fsp3) is 0.294. The molecule has 4 nitrogen and oxygen atoms in total. The van der Waals surface area contributed by atoms with Gasteiger partial charge in [0.15, 0.2) is 0 Å². The summed E-state index contributed by atoms with van der Waals surface area (Å²) in [4.78, 5) is 1.02. The van der Waals surface area contributed by atoms with Gasteiger partial charge in [0.1, 0.15) is 4.21 Å². The van der Waals surface area contributed by atoms with Crippen molar-refractivity contribution in [1.82, 2.24) is 8.87 Å². The van der Waals surface area contributed by atoms with Gasteiger partial charge in [-0.1, -0.05) is 18.2 Å². The standard InChI is InChI=1S/C17H18N2O2S2/c1-12-7-8-17(22-12)23(20,21)19-10-9-16-14(11-19)13-5-3-4-6-15(13)18(16)2/h3-8H,9-11H2,1-2H3. The van der Waals surface area contributed by atoms with Gasteiger partial charge in [0.05, 0.1) is 0 Å². The molecule has 0 unspecified atom stereocenters. The van der Waals surface area contributed by atoms with Crippen LogP contribution in [0.3, 0.4) is 0 Å². The second-order valence-electron chi connectivity index (χ2n) is 5.96. The monoisotopic (exact) mass is 346 g/mol. The van der Waals surface area contributed by atoms with Gasteiger partial charge in [-0.25, -0.2) is 8.42 Å². The quantitative estimate of drug-likeness (QED) is 0.714. The van der Waals surface area contributed by atoms with Crippen molar-refractivity contribution in [2.24, 2.45) is 7.05 Å². The Morgan fingerprint density at radius 1 is 1.13 bits per heavy atom. The Labute approximate surface area is 140 Å². The van der Waals surface area contributed by atoms with Crippen molar-refractivity contribution in [2.75, 3.05) is 6.54 Å². The van der Waals surface area contributed by atoms with Crippen LogP contribution in [-0.2, 0) is 30.0 Å². The van der Waals surface area contributed by atoms with E-state index in [0.717, 1.165) is 22.2 Å². The first kappa shape index (κ1) is 14.9. The lowest BCUT2D eigenvalue weighted by molar-refractivity contribution is 0.389. The van der Waals surface area contributed by atoms with Crippen LogP contribution in [0.5, 0.6) is 0 Å². The van der Waals surface area contributed by atoms with Crippen molar-refractivity contribution in [3.63, 3.8) is 0 Å². The SMILES string of the molecule is Cc1ccc(S(=O)(=O)N2CCc3c(c4ccccc4n3C)C2)s1. The fourth-order valence-corrected chi connectivity index (χ4v) is 6.24. The largest absolute Gasteiger partial charge is 0.347 e. The van der Waals surface area contributed by atoms with E-state index in [1.807, 2.05) is 25.1 Å². The number of nitrogens with zero attached hydrogens (tertiary/aromatic N) is 2. The molecule has 0 bridgehead atoms. The van der Waals surface area contributed by atoms with E-state index in [1.165, 1.54) is 22.5 Å². The van der Waals surface area contributed by atoms with Gasteiger partial charge in [0, 0.05) is 48.0 Å². The highest BCUT2D eigenvalue weighted by atomic mass is 32.2. The highest BCUT2D eigenvalue weighted by Crippen LogP contribution is 2.33. The van der Waals surface area contributed by atoms with Crippen molar-refractivity contribution < 1.29 is 8.42 Å². The summed E-state index contributed by atoms with van der Waals surface area (Å²) in [5.41, 5.74) is 3.56. The number of fused-ring (bicyclic) bond motifs is 3. The first-order valence-electron chi connectivity index (χ1n) is 7.60. The molecule has 0 N–H and O–H groups in total. The zero-order chi connectivity index (χ0) is 16.2. The van der Waals surface area contributed by atoms with Gasteiger partial charge in [-0.3, -0.25) is 0 Å². The highest BCUT2D eigenvalue weighted by molar-refractivity contribution is 7.91. The predicted molar refractivity (Wildman–Crippen MR) is 93.3 cm³/mol. The van der Waals surface area contributed by atoms with E-state index in [-0.39, 0.29) is 0 Å². The van der Waals surface area contributed by atoms with Crippen molar-refractivity contribution in [1.29, 1.82) is 0 Å². The van der Waals surface area contributed by atoms with Gasteiger partial charge in [-0.15, -0.1) is 11.3 Å². The van der Waals surface area contributed by atoms with Crippen LogP contribution >= 0.6 is 11.3 Å². The zero-order valence-corrected chi connectivity index (χ0v) is 14.7. The van der Waals surface area contributed by atoms with Crippen LogP contribution in [0.15, 0.2) is 40.6 Å². The average Bonchev–Trinajstić information content (AvgIpc) is 3.11. The summed E-state index contributed by atoms with van der Waals surface area (Å²) in [7, 11) is -1.34. The molecule has 0 aliphatic carbocycles. The molecule has 6 heteroatoms. The van der Waals surface area contributed by atoms with Crippen LogP contribution in [-0.4, -0.2) is 23.8 Å². The number of para-hydroxylation sites is 1. The molecule has 0 spiro atoms. The normalized spacial score (nSPS) is 15.9. The molecule has 23 heavy (non-hydrogen) atoms. The number of sulfonamides is 1. The van der Waals surface area contributed by atoms with E-state index in [2.05, 4.69) is 23.7 Å². The smallest absolute Gasteiger partial charge is 0.252 e. The minimum atomic E-state index is -3.40. The molecule has 120 valence electrons. The number of hydrogen-bond donors (Lipinski definition) is 0. The van der Waals surface area contributed by atoms with Gasteiger partial charge >= 0.3 is 0 Å². The lowest BCUT2D eigenvalue weighted by Crippen LogP contribution is -2.35. The summed E-state index contributed by atoms with van der Waals surface area (Å²) in [6.07, 6.45) is 0.754. The average molecular weight is 346 g/mol. The molecule has 3 aromatic rings.